The highest BCUT2D eigenvalue weighted by atomic mass is 19.1. The Morgan fingerprint density at radius 3 is 2.74 bits per heavy atom. The molecule has 0 radical (unpaired) electrons. The van der Waals surface area contributed by atoms with Gasteiger partial charge in [-0.2, -0.15) is 0 Å². The molecule has 4 nitrogen and oxygen atoms in total. The zero-order valence-corrected chi connectivity index (χ0v) is 15.5. The lowest BCUT2D eigenvalue weighted by atomic mass is 10.1. The van der Waals surface area contributed by atoms with Crippen LogP contribution in [0.1, 0.15) is 24.9 Å². The van der Waals surface area contributed by atoms with Gasteiger partial charge in [-0.15, -0.1) is 0 Å². The Bertz CT molecular complexity index is 868. The lowest BCUT2D eigenvalue weighted by molar-refractivity contribution is 0.297. The van der Waals surface area contributed by atoms with Crippen molar-refractivity contribution in [2.45, 2.75) is 25.9 Å². The topological polar surface area (TPSA) is 30.3 Å². The molecule has 0 saturated heterocycles. The Hall–Kier alpha value is -2.89. The van der Waals surface area contributed by atoms with Gasteiger partial charge in [0, 0.05) is 37.6 Å². The van der Waals surface area contributed by atoms with Gasteiger partial charge >= 0.3 is 0 Å². The van der Waals surface area contributed by atoms with Gasteiger partial charge in [-0.05, 0) is 31.5 Å². The first-order valence-corrected chi connectivity index (χ1v) is 8.91. The Morgan fingerprint density at radius 2 is 2.00 bits per heavy atom. The molecule has 0 aliphatic heterocycles. The summed E-state index contributed by atoms with van der Waals surface area (Å²) in [5.74, 6) is -0.396. The molecule has 3 rings (SSSR count). The summed E-state index contributed by atoms with van der Waals surface area (Å²) in [5, 5.41) is 0. The normalized spacial score (nSPS) is 12.0. The molecule has 0 fully saturated rings. The molecule has 27 heavy (non-hydrogen) atoms. The van der Waals surface area contributed by atoms with Crippen molar-refractivity contribution in [2.75, 3.05) is 18.6 Å². The summed E-state index contributed by atoms with van der Waals surface area (Å²) in [6, 6.07) is 11.2. The van der Waals surface area contributed by atoms with E-state index in [9.17, 15) is 8.78 Å². The molecule has 0 saturated carbocycles. The van der Waals surface area contributed by atoms with E-state index >= 15 is 0 Å². The van der Waals surface area contributed by atoms with Crippen LogP contribution in [-0.4, -0.2) is 23.2 Å². The van der Waals surface area contributed by atoms with Crippen molar-refractivity contribution in [3.05, 3.63) is 78.4 Å². The summed E-state index contributed by atoms with van der Waals surface area (Å²) < 4.78 is 35.3. The fourth-order valence-electron chi connectivity index (χ4n) is 2.99. The average molecular weight is 371 g/mol. The third kappa shape index (κ3) is 4.64. The third-order valence-corrected chi connectivity index (χ3v) is 4.62. The highest BCUT2D eigenvalue weighted by molar-refractivity contribution is 5.51. The van der Waals surface area contributed by atoms with Crippen molar-refractivity contribution in [3.8, 4) is 5.75 Å². The van der Waals surface area contributed by atoms with Crippen LogP contribution in [0.15, 0.2) is 61.2 Å². The van der Waals surface area contributed by atoms with Crippen LogP contribution >= 0.6 is 0 Å². The fraction of sp³-hybridized carbons (Fsp3) is 0.286. The molecule has 0 amide bonds. The van der Waals surface area contributed by atoms with Crippen LogP contribution in [0, 0.1) is 11.6 Å². The van der Waals surface area contributed by atoms with Crippen LogP contribution in [0.4, 0.5) is 14.5 Å². The molecule has 0 spiro atoms. The summed E-state index contributed by atoms with van der Waals surface area (Å²) in [6.45, 7) is 3.37. The number of anilines is 1. The van der Waals surface area contributed by atoms with E-state index in [1.54, 1.807) is 24.5 Å². The fourth-order valence-corrected chi connectivity index (χ4v) is 2.99. The average Bonchev–Trinajstić information content (AvgIpc) is 3.18. The molecule has 1 atom stereocenters. The van der Waals surface area contributed by atoms with Gasteiger partial charge < -0.3 is 14.2 Å². The van der Waals surface area contributed by atoms with Gasteiger partial charge in [0.1, 0.15) is 17.4 Å². The van der Waals surface area contributed by atoms with Crippen LogP contribution in [-0.2, 0) is 6.54 Å². The molecular weight excluding hydrogens is 348 g/mol. The quantitative estimate of drug-likeness (QED) is 0.532. The van der Waals surface area contributed by atoms with Crippen molar-refractivity contribution >= 4 is 5.69 Å². The van der Waals surface area contributed by atoms with E-state index in [0.717, 1.165) is 30.3 Å². The van der Waals surface area contributed by atoms with Gasteiger partial charge in [-0.3, -0.25) is 0 Å². The van der Waals surface area contributed by atoms with Crippen LogP contribution in [0.2, 0.25) is 0 Å². The summed E-state index contributed by atoms with van der Waals surface area (Å²) in [4.78, 5) is 5.80. The molecular formula is C21H23F2N3O. The number of ether oxygens (including phenoxy) is 1. The second-order valence-electron chi connectivity index (χ2n) is 6.42. The summed E-state index contributed by atoms with van der Waals surface area (Å²) >= 11 is 0. The number of benzene rings is 2. The first kappa shape index (κ1) is 18.9. The maximum absolute atomic E-state index is 14.1. The molecule has 6 heteroatoms. The number of nitrogens with zero attached hydrogens (tertiary/aromatic N) is 3. The SMILES string of the molecule is CC(c1ccccc1OCCCn1ccnc1)N(C)c1ccc(F)cc1F. The summed E-state index contributed by atoms with van der Waals surface area (Å²) in [7, 11) is 1.79. The van der Waals surface area contributed by atoms with Crippen molar-refractivity contribution in [2.24, 2.45) is 0 Å². The first-order valence-electron chi connectivity index (χ1n) is 8.91. The molecule has 0 aliphatic carbocycles. The van der Waals surface area contributed by atoms with Crippen molar-refractivity contribution in [1.29, 1.82) is 0 Å². The van der Waals surface area contributed by atoms with Gasteiger partial charge in [-0.1, -0.05) is 18.2 Å². The Labute approximate surface area is 158 Å². The number of aryl methyl sites for hydroxylation is 1. The maximum Gasteiger partial charge on any atom is 0.149 e. The number of halogens is 2. The van der Waals surface area contributed by atoms with Gasteiger partial charge in [0.05, 0.1) is 24.7 Å². The number of imidazole rings is 1. The van der Waals surface area contributed by atoms with E-state index in [4.69, 9.17) is 4.74 Å². The van der Waals surface area contributed by atoms with E-state index in [2.05, 4.69) is 4.98 Å². The number of hydrogen-bond acceptors (Lipinski definition) is 3. The van der Waals surface area contributed by atoms with Crippen molar-refractivity contribution in [3.63, 3.8) is 0 Å². The van der Waals surface area contributed by atoms with E-state index in [-0.39, 0.29) is 6.04 Å². The lowest BCUT2D eigenvalue weighted by Crippen LogP contribution is -2.23. The minimum Gasteiger partial charge on any atom is -0.493 e. The van der Waals surface area contributed by atoms with Crippen LogP contribution in [0.5, 0.6) is 5.75 Å². The van der Waals surface area contributed by atoms with Gasteiger partial charge in [0.15, 0.2) is 0 Å². The lowest BCUT2D eigenvalue weighted by Gasteiger charge is -2.29. The zero-order chi connectivity index (χ0) is 19.2. The van der Waals surface area contributed by atoms with E-state index in [1.807, 2.05) is 42.0 Å². The summed E-state index contributed by atoms with van der Waals surface area (Å²) in [6.07, 6.45) is 6.30. The van der Waals surface area contributed by atoms with Gasteiger partial charge in [-0.25, -0.2) is 13.8 Å². The molecule has 0 bridgehead atoms. The Balaban J connectivity index is 1.68. The molecule has 142 valence electrons. The summed E-state index contributed by atoms with van der Waals surface area (Å²) in [5.41, 5.74) is 1.30. The monoisotopic (exact) mass is 371 g/mol. The smallest absolute Gasteiger partial charge is 0.149 e. The third-order valence-electron chi connectivity index (χ3n) is 4.62. The number of aromatic nitrogens is 2. The number of hydrogen-bond donors (Lipinski definition) is 0. The first-order chi connectivity index (χ1) is 13.1. The minimum atomic E-state index is -0.584. The minimum absolute atomic E-state index is 0.144. The molecule has 2 aromatic carbocycles. The predicted molar refractivity (Wildman–Crippen MR) is 102 cm³/mol. The molecule has 1 aromatic heterocycles. The van der Waals surface area contributed by atoms with E-state index < -0.39 is 11.6 Å². The number of para-hydroxylation sites is 1. The van der Waals surface area contributed by atoms with Gasteiger partial charge in [0.2, 0.25) is 0 Å². The van der Waals surface area contributed by atoms with Crippen LogP contribution < -0.4 is 9.64 Å². The standard InChI is InChI=1S/C21H23F2N3O/c1-16(25(2)20-9-8-17(22)14-19(20)23)18-6-3-4-7-21(18)27-13-5-11-26-12-10-24-15-26/h3-4,6-10,12,14-16H,5,11,13H2,1-2H3. The second kappa shape index (κ2) is 8.66. The van der Waals surface area contributed by atoms with Crippen molar-refractivity contribution in [1.82, 2.24) is 9.55 Å². The maximum atomic E-state index is 14.1. The highest BCUT2D eigenvalue weighted by Crippen LogP contribution is 2.32. The predicted octanol–water partition coefficient (Wildman–Crippen LogP) is 4.83. The van der Waals surface area contributed by atoms with Crippen molar-refractivity contribution < 1.29 is 13.5 Å². The highest BCUT2D eigenvalue weighted by Gasteiger charge is 2.19. The molecule has 1 heterocycles. The van der Waals surface area contributed by atoms with E-state index in [0.29, 0.717) is 12.3 Å². The molecule has 1 unspecified atom stereocenters. The van der Waals surface area contributed by atoms with Gasteiger partial charge in [0.25, 0.3) is 0 Å². The Morgan fingerprint density at radius 1 is 1.19 bits per heavy atom. The van der Waals surface area contributed by atoms with Crippen LogP contribution in [0.25, 0.3) is 0 Å². The molecule has 3 aromatic rings. The van der Waals surface area contributed by atoms with E-state index in [1.165, 1.54) is 12.1 Å². The molecule has 0 N–H and O–H groups in total. The number of rotatable bonds is 8. The largest absolute Gasteiger partial charge is 0.493 e. The zero-order valence-electron chi connectivity index (χ0n) is 15.5. The van der Waals surface area contributed by atoms with Crippen LogP contribution in [0.3, 0.4) is 0 Å². The molecule has 0 aliphatic rings. The Kier molecular flexibility index (Phi) is 6.06. The second-order valence-corrected chi connectivity index (χ2v) is 6.42.